The van der Waals surface area contributed by atoms with Crippen molar-refractivity contribution >= 4 is 39.5 Å². The third-order valence-corrected chi connectivity index (χ3v) is 17.4. The van der Waals surface area contributed by atoms with Crippen molar-refractivity contribution in [2.75, 3.05) is 39.6 Å². The number of ether oxygens (including phenoxy) is 4. The Morgan fingerprint density at radius 1 is 0.264 bits per heavy atom. The Labute approximate surface area is 640 Å². The maximum Gasteiger partial charge on any atom is 0.472 e. The normalized spacial score (nSPS) is 14.9. The zero-order valence-electron chi connectivity index (χ0n) is 65.3. The van der Waals surface area contributed by atoms with E-state index in [9.17, 15) is 43.2 Å². The molecule has 0 aliphatic rings. The molecule has 0 fully saturated rings. The predicted molar refractivity (Wildman–Crippen MR) is 436 cm³/mol. The van der Waals surface area contributed by atoms with Crippen molar-refractivity contribution in [2.45, 2.75) is 290 Å². The molecule has 3 N–H and O–H groups in total. The van der Waals surface area contributed by atoms with Gasteiger partial charge >= 0.3 is 39.5 Å². The van der Waals surface area contributed by atoms with Gasteiger partial charge in [-0.1, -0.05) is 267 Å². The molecular weight excluding hydrogens is 1380 g/mol. The van der Waals surface area contributed by atoms with Crippen molar-refractivity contribution in [2.24, 2.45) is 0 Å². The summed E-state index contributed by atoms with van der Waals surface area (Å²) < 4.78 is 68.5. The second-order valence-electron chi connectivity index (χ2n) is 25.5. The number of phosphoric acid groups is 2. The molecule has 0 amide bonds. The number of allylic oxidation sites excluding steroid dienone is 32. The summed E-state index contributed by atoms with van der Waals surface area (Å²) in [5.74, 6) is -2.35. The highest BCUT2D eigenvalue weighted by Gasteiger charge is 2.30. The van der Waals surface area contributed by atoms with E-state index in [1.807, 2.05) is 12.2 Å². The Balaban J connectivity index is 5.49. The first-order valence-electron chi connectivity index (χ1n) is 39.7. The number of rotatable bonds is 72. The monoisotopic (exact) mass is 1520 g/mol. The van der Waals surface area contributed by atoms with Gasteiger partial charge in [0.2, 0.25) is 0 Å². The lowest BCUT2D eigenvalue weighted by atomic mass is 10.1. The number of hydrogen-bond acceptors (Lipinski definition) is 15. The van der Waals surface area contributed by atoms with E-state index in [0.717, 1.165) is 180 Å². The molecule has 0 rings (SSSR count). The Hall–Kier alpha value is -6.10. The van der Waals surface area contributed by atoms with Crippen LogP contribution in [0.3, 0.4) is 0 Å². The maximum atomic E-state index is 13.1. The summed E-state index contributed by atoms with van der Waals surface area (Å²) >= 11 is 0. The van der Waals surface area contributed by atoms with E-state index in [1.54, 1.807) is 0 Å². The molecule has 0 saturated heterocycles. The number of aliphatic hydroxyl groups is 1. The molecule has 0 aromatic heterocycles. The summed E-state index contributed by atoms with van der Waals surface area (Å²) in [6.07, 6.45) is 94.2. The summed E-state index contributed by atoms with van der Waals surface area (Å²) in [7, 11) is -10.0. The summed E-state index contributed by atoms with van der Waals surface area (Å²) in [5, 5.41) is 10.6. The fourth-order valence-electron chi connectivity index (χ4n) is 9.66. The first kappa shape index (κ1) is 99.9. The van der Waals surface area contributed by atoms with Crippen molar-refractivity contribution < 1.29 is 80.2 Å². The van der Waals surface area contributed by atoms with E-state index in [-0.39, 0.29) is 25.7 Å². The molecule has 5 unspecified atom stereocenters. The van der Waals surface area contributed by atoms with Gasteiger partial charge in [-0.15, -0.1) is 0 Å². The molecule has 0 aromatic rings. The molecule has 0 aliphatic carbocycles. The fraction of sp³-hybridized carbons (Fsp3) is 0.586. The Bertz CT molecular complexity index is 2780. The van der Waals surface area contributed by atoms with E-state index >= 15 is 0 Å². The van der Waals surface area contributed by atoms with Gasteiger partial charge in [-0.3, -0.25) is 37.3 Å². The largest absolute Gasteiger partial charge is 0.472 e. The first-order chi connectivity index (χ1) is 51.7. The lowest BCUT2D eigenvalue weighted by Crippen LogP contribution is -2.30. The van der Waals surface area contributed by atoms with Gasteiger partial charge in [0.15, 0.2) is 12.2 Å². The van der Waals surface area contributed by atoms with Crippen LogP contribution in [-0.4, -0.2) is 96.7 Å². The van der Waals surface area contributed by atoms with E-state index in [1.165, 1.54) is 0 Å². The minimum Gasteiger partial charge on any atom is -0.462 e. The lowest BCUT2D eigenvalue weighted by Gasteiger charge is -2.21. The highest BCUT2D eigenvalue weighted by atomic mass is 31.2. The Morgan fingerprint density at radius 3 is 0.764 bits per heavy atom. The molecule has 106 heavy (non-hydrogen) atoms. The van der Waals surface area contributed by atoms with Crippen LogP contribution in [0.25, 0.3) is 0 Å². The average Bonchev–Trinajstić information content (AvgIpc) is 0.928. The van der Waals surface area contributed by atoms with Gasteiger partial charge in [0.1, 0.15) is 19.3 Å². The smallest absolute Gasteiger partial charge is 0.462 e. The third-order valence-electron chi connectivity index (χ3n) is 15.5. The van der Waals surface area contributed by atoms with E-state index in [0.29, 0.717) is 38.5 Å². The molecule has 0 aromatic carbocycles. The van der Waals surface area contributed by atoms with Gasteiger partial charge in [-0.25, -0.2) is 9.13 Å². The zero-order valence-corrected chi connectivity index (χ0v) is 67.1. The summed E-state index contributed by atoms with van der Waals surface area (Å²) in [5.41, 5.74) is 0. The molecule has 0 saturated carbocycles. The highest BCUT2D eigenvalue weighted by Crippen LogP contribution is 2.45. The molecule has 19 heteroatoms. The summed E-state index contributed by atoms with van der Waals surface area (Å²) in [4.78, 5) is 73.0. The lowest BCUT2D eigenvalue weighted by molar-refractivity contribution is -0.161. The maximum absolute atomic E-state index is 13.1. The Morgan fingerprint density at radius 2 is 0.472 bits per heavy atom. The highest BCUT2D eigenvalue weighted by molar-refractivity contribution is 7.47. The minimum atomic E-state index is -5.01. The number of carbonyl (C=O) groups is 4. The number of hydrogen-bond donors (Lipinski definition) is 3. The van der Waals surface area contributed by atoms with Crippen molar-refractivity contribution in [3.63, 3.8) is 0 Å². The van der Waals surface area contributed by atoms with Crippen molar-refractivity contribution in [1.82, 2.24) is 0 Å². The van der Waals surface area contributed by atoms with Crippen LogP contribution in [0.4, 0.5) is 0 Å². The number of carbonyl (C=O) groups excluding carboxylic acids is 4. The number of unbranched alkanes of at least 4 members (excludes halogenated alkanes) is 14. The second kappa shape index (κ2) is 77.1. The molecule has 0 heterocycles. The van der Waals surface area contributed by atoms with Crippen LogP contribution in [0.5, 0.6) is 0 Å². The van der Waals surface area contributed by atoms with Gasteiger partial charge in [0.25, 0.3) is 0 Å². The topological polar surface area (TPSA) is 237 Å². The third kappa shape index (κ3) is 76.1. The summed E-state index contributed by atoms with van der Waals surface area (Å²) in [6.45, 7) is 4.24. The SMILES string of the molecule is CC/C=C\C/C=C\C/C=C\C/C=C\C/C=C\CCCC(=O)OCC(COP(=O)(O)OCC(O)COP(=O)(O)OCC(COC(=O)CCCCCCCC/C=C\C/C=C\C/C=C\C/C=C\CC)OC(=O)CCCC/C=C\C/C=C\C/C=C\C/C=C\CC)OC(=O)CCCCCCC/C=C\C/C=C\C/C=C\CC. The van der Waals surface area contributed by atoms with Crippen molar-refractivity contribution in [3.8, 4) is 0 Å². The predicted octanol–water partition coefficient (Wildman–Crippen LogP) is 23.3. The Kier molecular flexibility index (Phi) is 72.6. The van der Waals surface area contributed by atoms with Crippen LogP contribution in [0.15, 0.2) is 194 Å². The minimum absolute atomic E-state index is 0.0298. The first-order valence-corrected chi connectivity index (χ1v) is 42.7. The molecular formula is C87H138O17P2. The van der Waals surface area contributed by atoms with Gasteiger partial charge < -0.3 is 33.8 Å². The van der Waals surface area contributed by atoms with E-state index in [2.05, 4.69) is 210 Å². The van der Waals surface area contributed by atoms with Crippen LogP contribution < -0.4 is 0 Å². The number of aliphatic hydroxyl groups excluding tert-OH is 1. The molecule has 598 valence electrons. The number of phosphoric ester groups is 2. The van der Waals surface area contributed by atoms with Crippen LogP contribution >= 0.6 is 15.6 Å². The van der Waals surface area contributed by atoms with E-state index in [4.69, 9.17) is 37.0 Å². The van der Waals surface area contributed by atoms with Crippen molar-refractivity contribution in [1.29, 1.82) is 0 Å². The quantitative estimate of drug-likeness (QED) is 0.0169. The van der Waals surface area contributed by atoms with Crippen LogP contribution in [-0.2, 0) is 65.4 Å². The molecule has 0 spiro atoms. The van der Waals surface area contributed by atoms with E-state index < -0.39 is 97.5 Å². The zero-order chi connectivity index (χ0) is 77.4. The standard InChI is InChI=1S/C87H138O17P2/c1-5-9-13-17-21-25-29-33-37-39-40-42-46-48-52-56-60-64-68-72-85(90)98-78-83(104-87(92)74-70-66-62-58-54-50-44-36-32-28-24-20-16-12-8-4)80-102-106(95,96)100-76-81(88)75-99-105(93,94)101-79-82(103-86(91)73-69-65-61-57-53-49-43-35-31-27-23-19-15-11-7-3)77-97-84(89)71-67-63-59-55-51-47-45-41-38-34-30-26-22-18-14-10-6-2/h9-16,21-28,33-38,40,42-45,47,54-55,58-59,81-83,88H,5-8,17-20,29-32,39,41,46,48-53,56-57,60-80H2,1-4H3,(H,93,94)(H,95,96)/b13-9-,14-10-,15-11-,16-12-,25-21-,26-22-,27-23-,28-24-,37-33-,38-34-,42-40-,43-35-,44-36-,47-45-,58-54-,59-55-. The molecule has 0 radical (unpaired) electrons. The molecule has 0 aliphatic heterocycles. The second-order valence-corrected chi connectivity index (χ2v) is 28.4. The van der Waals surface area contributed by atoms with Crippen molar-refractivity contribution in [3.05, 3.63) is 194 Å². The molecule has 17 nitrogen and oxygen atoms in total. The van der Waals surface area contributed by atoms with Gasteiger partial charge in [0, 0.05) is 25.7 Å². The molecule has 0 bridgehead atoms. The van der Waals surface area contributed by atoms with Crippen LogP contribution in [0, 0.1) is 0 Å². The fourth-order valence-corrected chi connectivity index (χ4v) is 11.2. The average molecular weight is 1520 g/mol. The number of esters is 4. The molecule has 5 atom stereocenters. The van der Waals surface area contributed by atoms with Crippen LogP contribution in [0.2, 0.25) is 0 Å². The van der Waals surface area contributed by atoms with Gasteiger partial charge in [-0.2, -0.15) is 0 Å². The van der Waals surface area contributed by atoms with Crippen LogP contribution in [0.1, 0.15) is 272 Å². The van der Waals surface area contributed by atoms with Gasteiger partial charge in [-0.05, 0) is 173 Å². The summed E-state index contributed by atoms with van der Waals surface area (Å²) in [6, 6.07) is 0. The van der Waals surface area contributed by atoms with Gasteiger partial charge in [0.05, 0.1) is 26.4 Å².